The predicted octanol–water partition coefficient (Wildman–Crippen LogP) is 0.946. The molecule has 1 aromatic heterocycles. The van der Waals surface area contributed by atoms with Gasteiger partial charge in [-0.25, -0.2) is 0 Å². The van der Waals surface area contributed by atoms with E-state index in [-0.39, 0.29) is 23.1 Å². The van der Waals surface area contributed by atoms with E-state index in [2.05, 4.69) is 20.5 Å². The summed E-state index contributed by atoms with van der Waals surface area (Å²) < 4.78 is 5.18. The summed E-state index contributed by atoms with van der Waals surface area (Å²) in [5, 5.41) is 19.2. The molecular formula is C11H12N6O4. The summed E-state index contributed by atoms with van der Waals surface area (Å²) in [4.78, 5) is 25.9. The van der Waals surface area contributed by atoms with Gasteiger partial charge in [-0.05, 0) is 19.1 Å². The van der Waals surface area contributed by atoms with Crippen LogP contribution in [0.2, 0.25) is 0 Å². The molecule has 0 fully saturated rings. The van der Waals surface area contributed by atoms with Crippen molar-refractivity contribution >= 4 is 23.2 Å². The lowest BCUT2D eigenvalue weighted by molar-refractivity contribution is -0.384. The fourth-order valence-electron chi connectivity index (χ4n) is 1.58. The minimum Gasteiger partial charge on any atom is -0.494 e. The van der Waals surface area contributed by atoms with Crippen molar-refractivity contribution in [3.8, 4) is 5.75 Å². The lowest BCUT2D eigenvalue weighted by Gasteiger charge is -2.07. The first-order valence-corrected chi connectivity index (χ1v) is 5.91. The molecular weight excluding hydrogens is 280 g/mol. The molecule has 1 aromatic carbocycles. The molecule has 0 radical (unpaired) electrons. The Morgan fingerprint density at radius 2 is 2.33 bits per heavy atom. The molecule has 0 unspecified atom stereocenters. The SMILES string of the molecule is CCOc1ccc(NC(=O)c2nc(N)n[nH]2)c([N+](=O)[O-])c1. The fourth-order valence-corrected chi connectivity index (χ4v) is 1.58. The number of carbonyl (C=O) groups excluding carboxylic acids is 1. The van der Waals surface area contributed by atoms with Crippen LogP contribution in [0.1, 0.15) is 17.5 Å². The number of nitrogens with zero attached hydrogens (tertiary/aromatic N) is 3. The fraction of sp³-hybridized carbons (Fsp3) is 0.182. The van der Waals surface area contributed by atoms with Crippen LogP contribution in [0.25, 0.3) is 0 Å². The number of nitrogen functional groups attached to an aromatic ring is 1. The molecule has 0 saturated heterocycles. The van der Waals surface area contributed by atoms with Crippen molar-refractivity contribution in [2.24, 2.45) is 0 Å². The highest BCUT2D eigenvalue weighted by atomic mass is 16.6. The van der Waals surface area contributed by atoms with E-state index < -0.39 is 10.8 Å². The number of nitrogens with one attached hydrogen (secondary N) is 2. The minimum atomic E-state index is -0.688. The Morgan fingerprint density at radius 1 is 1.57 bits per heavy atom. The molecule has 0 aliphatic rings. The second-order valence-corrected chi connectivity index (χ2v) is 3.87. The van der Waals surface area contributed by atoms with Crippen molar-refractivity contribution < 1.29 is 14.5 Å². The number of hydrogen-bond donors (Lipinski definition) is 3. The number of rotatable bonds is 5. The standard InChI is InChI=1S/C11H12N6O4/c1-2-21-6-3-4-7(8(5-6)17(19)20)13-10(18)9-14-11(12)16-15-9/h3-5H,2H2,1H3,(H,13,18)(H3,12,14,15,16). The molecule has 1 heterocycles. The van der Waals surface area contributed by atoms with E-state index in [1.807, 2.05) is 0 Å². The van der Waals surface area contributed by atoms with E-state index >= 15 is 0 Å². The molecule has 10 heteroatoms. The Balaban J connectivity index is 2.26. The Bertz CT molecular complexity index is 683. The average Bonchev–Trinajstić information content (AvgIpc) is 2.87. The van der Waals surface area contributed by atoms with E-state index in [0.717, 1.165) is 0 Å². The Hall–Kier alpha value is -3.17. The van der Waals surface area contributed by atoms with E-state index in [0.29, 0.717) is 12.4 Å². The maximum Gasteiger partial charge on any atom is 0.296 e. The van der Waals surface area contributed by atoms with Gasteiger partial charge in [0.15, 0.2) is 0 Å². The number of ether oxygens (including phenoxy) is 1. The number of amides is 1. The molecule has 4 N–H and O–H groups in total. The maximum atomic E-state index is 11.9. The molecule has 21 heavy (non-hydrogen) atoms. The van der Waals surface area contributed by atoms with E-state index in [9.17, 15) is 14.9 Å². The number of aromatic amines is 1. The zero-order valence-electron chi connectivity index (χ0n) is 11.0. The van der Waals surface area contributed by atoms with Crippen LogP contribution in [-0.2, 0) is 0 Å². The van der Waals surface area contributed by atoms with Crippen molar-refractivity contribution in [3.05, 3.63) is 34.1 Å². The first kappa shape index (κ1) is 14.2. The second kappa shape index (κ2) is 5.86. The highest BCUT2D eigenvalue weighted by molar-refractivity contribution is 6.03. The molecule has 0 spiro atoms. The van der Waals surface area contributed by atoms with Gasteiger partial charge in [-0.3, -0.25) is 20.0 Å². The monoisotopic (exact) mass is 292 g/mol. The van der Waals surface area contributed by atoms with Crippen molar-refractivity contribution in [1.29, 1.82) is 0 Å². The molecule has 2 aromatic rings. The van der Waals surface area contributed by atoms with Crippen LogP contribution in [-0.4, -0.2) is 32.6 Å². The van der Waals surface area contributed by atoms with Crippen LogP contribution in [0.4, 0.5) is 17.3 Å². The van der Waals surface area contributed by atoms with Gasteiger partial charge in [0.25, 0.3) is 11.6 Å². The quantitative estimate of drug-likeness (QED) is 0.548. The van der Waals surface area contributed by atoms with Gasteiger partial charge in [-0.2, -0.15) is 4.98 Å². The summed E-state index contributed by atoms with van der Waals surface area (Å²) in [5.41, 5.74) is 5.01. The lowest BCUT2D eigenvalue weighted by Crippen LogP contribution is -2.15. The van der Waals surface area contributed by atoms with Crippen molar-refractivity contribution in [2.75, 3.05) is 17.7 Å². The number of H-pyrrole nitrogens is 1. The molecule has 2 rings (SSSR count). The summed E-state index contributed by atoms with van der Waals surface area (Å²) in [6, 6.07) is 4.12. The van der Waals surface area contributed by atoms with Gasteiger partial charge in [-0.1, -0.05) is 0 Å². The van der Waals surface area contributed by atoms with Crippen LogP contribution in [0.5, 0.6) is 5.75 Å². The number of benzene rings is 1. The maximum absolute atomic E-state index is 11.9. The van der Waals surface area contributed by atoms with Gasteiger partial charge < -0.3 is 15.8 Å². The lowest BCUT2D eigenvalue weighted by atomic mass is 10.2. The van der Waals surface area contributed by atoms with Crippen LogP contribution in [0.3, 0.4) is 0 Å². The summed E-state index contributed by atoms with van der Waals surface area (Å²) in [7, 11) is 0. The first-order valence-electron chi connectivity index (χ1n) is 5.91. The molecule has 0 aliphatic heterocycles. The first-order chi connectivity index (χ1) is 10.0. The number of anilines is 2. The molecule has 0 saturated carbocycles. The van der Waals surface area contributed by atoms with Crippen molar-refractivity contribution in [1.82, 2.24) is 15.2 Å². The third-order valence-corrected chi connectivity index (χ3v) is 2.44. The highest BCUT2D eigenvalue weighted by Crippen LogP contribution is 2.29. The molecule has 110 valence electrons. The molecule has 1 amide bonds. The predicted molar refractivity (Wildman–Crippen MR) is 73.0 cm³/mol. The summed E-state index contributed by atoms with van der Waals surface area (Å²) >= 11 is 0. The van der Waals surface area contributed by atoms with Gasteiger partial charge in [0, 0.05) is 0 Å². The van der Waals surface area contributed by atoms with Crippen LogP contribution in [0, 0.1) is 10.1 Å². The smallest absolute Gasteiger partial charge is 0.296 e. The van der Waals surface area contributed by atoms with Gasteiger partial charge in [0.1, 0.15) is 11.4 Å². The third-order valence-electron chi connectivity index (χ3n) is 2.44. The second-order valence-electron chi connectivity index (χ2n) is 3.87. The largest absolute Gasteiger partial charge is 0.494 e. The summed E-state index contributed by atoms with van der Waals surface area (Å²) in [6.07, 6.45) is 0. The third kappa shape index (κ3) is 3.23. The molecule has 0 atom stereocenters. The van der Waals surface area contributed by atoms with E-state index in [1.54, 1.807) is 6.92 Å². The normalized spacial score (nSPS) is 10.1. The van der Waals surface area contributed by atoms with E-state index in [1.165, 1.54) is 18.2 Å². The van der Waals surface area contributed by atoms with Gasteiger partial charge >= 0.3 is 0 Å². The highest BCUT2D eigenvalue weighted by Gasteiger charge is 2.19. The van der Waals surface area contributed by atoms with Gasteiger partial charge in [0.2, 0.25) is 11.8 Å². The van der Waals surface area contributed by atoms with Gasteiger partial charge in [-0.15, -0.1) is 5.10 Å². The number of nitrogens with two attached hydrogens (primary N) is 1. The van der Waals surface area contributed by atoms with Crippen LogP contribution in [0.15, 0.2) is 18.2 Å². The zero-order chi connectivity index (χ0) is 15.4. The Labute approximate surface area is 118 Å². The summed E-state index contributed by atoms with van der Waals surface area (Å²) in [6.45, 7) is 2.13. The number of nitro groups is 1. The molecule has 10 nitrogen and oxygen atoms in total. The zero-order valence-corrected chi connectivity index (χ0v) is 11.0. The van der Waals surface area contributed by atoms with Gasteiger partial charge in [0.05, 0.1) is 17.6 Å². The summed E-state index contributed by atoms with van der Waals surface area (Å²) in [5.74, 6) is -0.588. The Morgan fingerprint density at radius 3 is 2.90 bits per heavy atom. The van der Waals surface area contributed by atoms with Crippen LogP contribution < -0.4 is 15.8 Å². The minimum absolute atomic E-state index is 0.0171. The van der Waals surface area contributed by atoms with Crippen LogP contribution >= 0.6 is 0 Å². The molecule has 0 bridgehead atoms. The number of carbonyl (C=O) groups is 1. The number of aromatic nitrogens is 3. The topological polar surface area (TPSA) is 149 Å². The van der Waals surface area contributed by atoms with Crippen molar-refractivity contribution in [2.45, 2.75) is 6.92 Å². The average molecular weight is 292 g/mol. The van der Waals surface area contributed by atoms with Crippen molar-refractivity contribution in [3.63, 3.8) is 0 Å². The number of hydrogen-bond acceptors (Lipinski definition) is 7. The Kier molecular flexibility index (Phi) is 3.97. The number of nitro benzene ring substituents is 1. The molecule has 0 aliphatic carbocycles. The van der Waals surface area contributed by atoms with E-state index in [4.69, 9.17) is 10.5 Å².